The number of likely N-dealkylation sites (tertiary alicyclic amines) is 1. The van der Waals surface area contributed by atoms with E-state index in [1.54, 1.807) is 0 Å². The largest absolute Gasteiger partial charge is 0.390 e. The average molecular weight is 198 g/mol. The van der Waals surface area contributed by atoms with E-state index < -0.39 is 0 Å². The summed E-state index contributed by atoms with van der Waals surface area (Å²) in [6.45, 7) is 3.55. The Morgan fingerprint density at radius 2 is 1.93 bits per heavy atom. The number of β-amino-alcohol motifs (C(OH)–C–C–N with tert-alkyl or cyclic N) is 1. The molecular weight excluding hydrogens is 176 g/mol. The quantitative estimate of drug-likeness (QED) is 0.691. The van der Waals surface area contributed by atoms with Crippen molar-refractivity contribution in [3.05, 3.63) is 0 Å². The molecule has 0 amide bonds. The van der Waals surface area contributed by atoms with Crippen molar-refractivity contribution in [3.8, 4) is 0 Å². The fraction of sp³-hybridized carbons (Fsp3) is 1.00. The molecule has 0 aromatic heterocycles. The minimum Gasteiger partial charge on any atom is -0.390 e. The van der Waals surface area contributed by atoms with Crippen LogP contribution in [0.5, 0.6) is 0 Å². The molecule has 1 saturated heterocycles. The van der Waals surface area contributed by atoms with Gasteiger partial charge in [-0.2, -0.15) is 0 Å². The normalized spacial score (nSPS) is 35.6. The van der Waals surface area contributed by atoms with Crippen LogP contribution in [0.2, 0.25) is 0 Å². The van der Waals surface area contributed by atoms with Gasteiger partial charge in [0.25, 0.3) is 0 Å². The summed E-state index contributed by atoms with van der Waals surface area (Å²) < 4.78 is 0. The van der Waals surface area contributed by atoms with E-state index in [1.807, 2.05) is 0 Å². The molecule has 1 saturated carbocycles. The SMILES string of the molecule is NCC(O)CN1CC2CCCC(C2)C1. The van der Waals surface area contributed by atoms with Crippen LogP contribution < -0.4 is 5.73 Å². The monoisotopic (exact) mass is 198 g/mol. The van der Waals surface area contributed by atoms with Gasteiger partial charge in [-0.15, -0.1) is 0 Å². The van der Waals surface area contributed by atoms with Crippen molar-refractivity contribution in [2.45, 2.75) is 31.8 Å². The fourth-order valence-electron chi connectivity index (χ4n) is 3.06. The van der Waals surface area contributed by atoms with Crippen molar-refractivity contribution in [2.75, 3.05) is 26.2 Å². The summed E-state index contributed by atoms with van der Waals surface area (Å²) in [5.41, 5.74) is 5.43. The Morgan fingerprint density at radius 1 is 1.29 bits per heavy atom. The Bertz CT molecular complexity index is 171. The van der Waals surface area contributed by atoms with E-state index in [1.165, 1.54) is 38.8 Å². The Labute approximate surface area is 86.3 Å². The molecule has 2 fully saturated rings. The first-order valence-corrected chi connectivity index (χ1v) is 5.88. The molecule has 3 heteroatoms. The maximum Gasteiger partial charge on any atom is 0.0789 e. The van der Waals surface area contributed by atoms with Gasteiger partial charge in [-0.05, 0) is 31.1 Å². The summed E-state index contributed by atoms with van der Waals surface area (Å²) in [5.74, 6) is 1.79. The molecule has 3 nitrogen and oxygen atoms in total. The molecule has 2 bridgehead atoms. The first-order chi connectivity index (χ1) is 6.78. The molecule has 14 heavy (non-hydrogen) atoms. The second kappa shape index (κ2) is 4.60. The molecule has 0 radical (unpaired) electrons. The first kappa shape index (κ1) is 10.4. The Morgan fingerprint density at radius 3 is 2.50 bits per heavy atom. The van der Waals surface area contributed by atoms with E-state index in [-0.39, 0.29) is 6.10 Å². The molecular formula is C11H22N2O. The molecule has 2 rings (SSSR count). The minimum absolute atomic E-state index is 0.325. The summed E-state index contributed by atoms with van der Waals surface area (Å²) in [4.78, 5) is 2.41. The van der Waals surface area contributed by atoms with E-state index in [9.17, 15) is 5.11 Å². The van der Waals surface area contributed by atoms with E-state index in [2.05, 4.69) is 4.90 Å². The highest BCUT2D eigenvalue weighted by molar-refractivity contribution is 4.84. The molecule has 0 spiro atoms. The van der Waals surface area contributed by atoms with Crippen molar-refractivity contribution in [1.29, 1.82) is 0 Å². The van der Waals surface area contributed by atoms with Gasteiger partial charge in [0.2, 0.25) is 0 Å². The second-order valence-corrected chi connectivity index (χ2v) is 5.01. The average Bonchev–Trinajstić information content (AvgIpc) is 2.17. The fourth-order valence-corrected chi connectivity index (χ4v) is 3.06. The first-order valence-electron chi connectivity index (χ1n) is 5.88. The summed E-state index contributed by atoms with van der Waals surface area (Å²) in [6.07, 6.45) is 5.31. The number of hydrogen-bond donors (Lipinski definition) is 2. The summed E-state index contributed by atoms with van der Waals surface area (Å²) in [7, 11) is 0. The number of hydrogen-bond acceptors (Lipinski definition) is 3. The number of aliphatic hydroxyl groups is 1. The maximum atomic E-state index is 9.51. The van der Waals surface area contributed by atoms with Crippen LogP contribution in [-0.2, 0) is 0 Å². The molecule has 3 atom stereocenters. The number of rotatable bonds is 3. The van der Waals surface area contributed by atoms with Crippen molar-refractivity contribution >= 4 is 0 Å². The van der Waals surface area contributed by atoms with Gasteiger partial charge < -0.3 is 15.7 Å². The molecule has 1 heterocycles. The summed E-state index contributed by atoms with van der Waals surface area (Å²) >= 11 is 0. The zero-order valence-electron chi connectivity index (χ0n) is 8.86. The zero-order chi connectivity index (χ0) is 9.97. The van der Waals surface area contributed by atoms with Gasteiger partial charge in [0.05, 0.1) is 6.10 Å². The van der Waals surface area contributed by atoms with Gasteiger partial charge >= 0.3 is 0 Å². The van der Waals surface area contributed by atoms with Crippen LogP contribution in [-0.4, -0.2) is 42.3 Å². The highest BCUT2D eigenvalue weighted by Gasteiger charge is 2.30. The topological polar surface area (TPSA) is 49.5 Å². The van der Waals surface area contributed by atoms with Crippen LogP contribution in [0, 0.1) is 11.8 Å². The number of nitrogens with zero attached hydrogens (tertiary/aromatic N) is 1. The smallest absolute Gasteiger partial charge is 0.0789 e. The highest BCUT2D eigenvalue weighted by atomic mass is 16.3. The molecule has 1 aliphatic heterocycles. The van der Waals surface area contributed by atoms with Crippen molar-refractivity contribution in [2.24, 2.45) is 17.6 Å². The number of fused-ring (bicyclic) bond motifs is 2. The third-order valence-electron chi connectivity index (χ3n) is 3.67. The Kier molecular flexibility index (Phi) is 3.42. The highest BCUT2D eigenvalue weighted by Crippen LogP contribution is 2.34. The van der Waals surface area contributed by atoms with Crippen molar-refractivity contribution in [3.63, 3.8) is 0 Å². The predicted octanol–water partition coefficient (Wildman–Crippen LogP) is 0.428. The number of aliphatic hydroxyl groups excluding tert-OH is 1. The lowest BCUT2D eigenvalue weighted by Crippen LogP contribution is -2.46. The lowest BCUT2D eigenvalue weighted by molar-refractivity contribution is 0.0459. The van der Waals surface area contributed by atoms with Gasteiger partial charge in [-0.1, -0.05) is 6.42 Å². The van der Waals surface area contributed by atoms with Gasteiger partial charge in [-0.25, -0.2) is 0 Å². The van der Waals surface area contributed by atoms with Crippen molar-refractivity contribution < 1.29 is 5.11 Å². The lowest BCUT2D eigenvalue weighted by atomic mass is 9.78. The molecule has 3 N–H and O–H groups in total. The molecule has 2 aliphatic rings. The molecule has 0 aromatic rings. The summed E-state index contributed by atoms with van der Waals surface area (Å²) in [5, 5.41) is 9.51. The van der Waals surface area contributed by atoms with Gasteiger partial charge in [0.1, 0.15) is 0 Å². The molecule has 82 valence electrons. The maximum absolute atomic E-state index is 9.51. The minimum atomic E-state index is -0.325. The Hall–Kier alpha value is -0.120. The van der Waals surface area contributed by atoms with Gasteiger partial charge in [0.15, 0.2) is 0 Å². The van der Waals surface area contributed by atoms with E-state index in [4.69, 9.17) is 5.73 Å². The van der Waals surface area contributed by atoms with E-state index in [0.717, 1.165) is 18.4 Å². The third-order valence-corrected chi connectivity index (χ3v) is 3.67. The third kappa shape index (κ3) is 2.47. The molecule has 3 unspecified atom stereocenters. The Balaban J connectivity index is 1.83. The van der Waals surface area contributed by atoms with Crippen LogP contribution in [0.1, 0.15) is 25.7 Å². The number of piperidine rings is 1. The van der Waals surface area contributed by atoms with Gasteiger partial charge in [0, 0.05) is 26.2 Å². The van der Waals surface area contributed by atoms with Crippen LogP contribution in [0.4, 0.5) is 0 Å². The molecule has 1 aliphatic carbocycles. The van der Waals surface area contributed by atoms with Crippen LogP contribution in [0.15, 0.2) is 0 Å². The lowest BCUT2D eigenvalue weighted by Gasteiger charge is -2.41. The van der Waals surface area contributed by atoms with Crippen LogP contribution >= 0.6 is 0 Å². The zero-order valence-corrected chi connectivity index (χ0v) is 8.86. The van der Waals surface area contributed by atoms with Crippen molar-refractivity contribution in [1.82, 2.24) is 4.90 Å². The van der Waals surface area contributed by atoms with Crippen LogP contribution in [0.25, 0.3) is 0 Å². The molecule has 0 aromatic carbocycles. The van der Waals surface area contributed by atoms with Gasteiger partial charge in [-0.3, -0.25) is 0 Å². The standard InChI is InChI=1S/C11H22N2O/c12-5-11(14)8-13-6-9-2-1-3-10(4-9)7-13/h9-11,14H,1-8,12H2. The van der Waals surface area contributed by atoms with E-state index >= 15 is 0 Å². The van der Waals surface area contributed by atoms with Crippen LogP contribution in [0.3, 0.4) is 0 Å². The summed E-state index contributed by atoms with van der Waals surface area (Å²) in [6, 6.07) is 0. The number of nitrogens with two attached hydrogens (primary N) is 1. The second-order valence-electron chi connectivity index (χ2n) is 5.01. The predicted molar refractivity (Wildman–Crippen MR) is 56.9 cm³/mol. The van der Waals surface area contributed by atoms with E-state index in [0.29, 0.717) is 6.54 Å².